The SMILES string of the molecule is CC(C)(C)NC(=O)NC12CC3CC(CC(NCC(=O)N4Cc5cc(F)c(F)cc5C4)(C3)C1)C2. The van der Waals surface area contributed by atoms with Crippen LogP contribution in [-0.2, 0) is 17.9 Å². The van der Waals surface area contributed by atoms with Gasteiger partial charge in [0.05, 0.1) is 6.54 Å². The average molecular weight is 461 g/mol. The minimum atomic E-state index is -0.872. The van der Waals surface area contributed by atoms with Gasteiger partial charge in [0, 0.05) is 29.7 Å². The van der Waals surface area contributed by atoms with Crippen LogP contribution in [0, 0.1) is 23.5 Å². The van der Waals surface area contributed by atoms with Crippen LogP contribution in [0.2, 0.25) is 0 Å². The molecule has 3 amide bonds. The molecule has 4 bridgehead atoms. The van der Waals surface area contributed by atoms with Crippen molar-refractivity contribution in [3.05, 3.63) is 34.9 Å². The molecular formula is C25H34F2N4O2. The summed E-state index contributed by atoms with van der Waals surface area (Å²) in [7, 11) is 0. The third kappa shape index (κ3) is 4.46. The zero-order valence-corrected chi connectivity index (χ0v) is 19.7. The number of carbonyl (C=O) groups excluding carboxylic acids is 2. The molecule has 8 heteroatoms. The molecule has 4 saturated carbocycles. The van der Waals surface area contributed by atoms with Crippen molar-refractivity contribution >= 4 is 11.9 Å². The van der Waals surface area contributed by atoms with Crippen LogP contribution in [0.3, 0.4) is 0 Å². The number of nitrogens with zero attached hydrogens (tertiary/aromatic N) is 1. The van der Waals surface area contributed by atoms with Gasteiger partial charge in [0.1, 0.15) is 0 Å². The van der Waals surface area contributed by atoms with Gasteiger partial charge >= 0.3 is 6.03 Å². The number of hydrogen-bond donors (Lipinski definition) is 3. The largest absolute Gasteiger partial charge is 0.334 e. The lowest BCUT2D eigenvalue weighted by molar-refractivity contribution is -0.132. The van der Waals surface area contributed by atoms with Crippen LogP contribution in [0.5, 0.6) is 0 Å². The molecule has 2 unspecified atom stereocenters. The van der Waals surface area contributed by atoms with Crippen molar-refractivity contribution in [2.75, 3.05) is 6.54 Å². The standard InChI is InChI=1S/C25H34F2N4O2/c1-23(2,3)29-22(33)30-25-9-15-4-16(10-25)8-24(7-15,14-25)28-11-21(32)31-12-17-5-19(26)20(27)6-18(17)13-31/h5-6,15-16,28H,4,7-14H2,1-3H3,(H2,29,30,33). The summed E-state index contributed by atoms with van der Waals surface area (Å²) in [5.74, 6) is -0.710. The first-order valence-corrected chi connectivity index (χ1v) is 12.0. The average Bonchev–Trinajstić information content (AvgIpc) is 3.06. The van der Waals surface area contributed by atoms with E-state index in [9.17, 15) is 18.4 Å². The van der Waals surface area contributed by atoms with E-state index in [0.717, 1.165) is 32.1 Å². The van der Waals surface area contributed by atoms with Gasteiger partial charge in [-0.15, -0.1) is 0 Å². The van der Waals surface area contributed by atoms with Crippen molar-refractivity contribution in [2.45, 2.75) is 89.0 Å². The number of carbonyl (C=O) groups is 2. The van der Waals surface area contributed by atoms with Crippen molar-refractivity contribution < 1.29 is 18.4 Å². The highest BCUT2D eigenvalue weighted by Crippen LogP contribution is 2.57. The van der Waals surface area contributed by atoms with Gasteiger partial charge in [-0.3, -0.25) is 4.79 Å². The van der Waals surface area contributed by atoms with Crippen molar-refractivity contribution in [3.63, 3.8) is 0 Å². The number of halogens is 2. The zero-order chi connectivity index (χ0) is 23.6. The first-order valence-electron chi connectivity index (χ1n) is 12.0. The topological polar surface area (TPSA) is 73.5 Å². The lowest BCUT2D eigenvalue weighted by atomic mass is 9.50. The molecule has 4 aliphatic carbocycles. The Kier molecular flexibility index (Phi) is 5.23. The summed E-state index contributed by atoms with van der Waals surface area (Å²) in [5, 5.41) is 9.93. The van der Waals surface area contributed by atoms with Crippen LogP contribution in [0.4, 0.5) is 13.6 Å². The fourth-order valence-corrected chi connectivity index (χ4v) is 7.17. The predicted molar refractivity (Wildman–Crippen MR) is 120 cm³/mol. The summed E-state index contributed by atoms with van der Waals surface area (Å²) in [6.45, 7) is 6.73. The highest BCUT2D eigenvalue weighted by atomic mass is 19.2. The highest BCUT2D eigenvalue weighted by Gasteiger charge is 2.58. The summed E-state index contributed by atoms with van der Waals surface area (Å²) < 4.78 is 27.1. The maximum atomic E-state index is 13.6. The number of amides is 3. The molecule has 2 atom stereocenters. The highest BCUT2D eigenvalue weighted by molar-refractivity contribution is 5.79. The van der Waals surface area contributed by atoms with E-state index in [0.29, 0.717) is 36.1 Å². The van der Waals surface area contributed by atoms with Crippen LogP contribution in [0.25, 0.3) is 0 Å². The van der Waals surface area contributed by atoms with Crippen molar-refractivity contribution in [3.8, 4) is 0 Å². The van der Waals surface area contributed by atoms with Crippen molar-refractivity contribution in [1.29, 1.82) is 0 Å². The van der Waals surface area contributed by atoms with Crippen LogP contribution in [0.1, 0.15) is 70.4 Å². The van der Waals surface area contributed by atoms with E-state index in [2.05, 4.69) is 16.0 Å². The maximum absolute atomic E-state index is 13.6. The van der Waals surface area contributed by atoms with E-state index in [1.165, 1.54) is 18.6 Å². The van der Waals surface area contributed by atoms with Gasteiger partial charge in [-0.25, -0.2) is 13.6 Å². The molecule has 33 heavy (non-hydrogen) atoms. The zero-order valence-electron chi connectivity index (χ0n) is 19.7. The second-order valence-electron chi connectivity index (χ2n) is 12.0. The Morgan fingerprint density at radius 2 is 1.55 bits per heavy atom. The second-order valence-corrected chi connectivity index (χ2v) is 12.0. The Morgan fingerprint density at radius 1 is 1.00 bits per heavy atom. The molecule has 1 aromatic carbocycles. The van der Waals surface area contributed by atoms with Crippen LogP contribution < -0.4 is 16.0 Å². The molecule has 4 fully saturated rings. The van der Waals surface area contributed by atoms with Gasteiger partial charge in [0.2, 0.25) is 5.91 Å². The molecule has 1 heterocycles. The summed E-state index contributed by atoms with van der Waals surface area (Å²) in [6.07, 6.45) is 6.07. The molecule has 6 rings (SSSR count). The fourth-order valence-electron chi connectivity index (χ4n) is 7.17. The number of rotatable bonds is 4. The number of hydrogen-bond acceptors (Lipinski definition) is 3. The van der Waals surface area contributed by atoms with Gasteiger partial charge in [0.15, 0.2) is 11.6 Å². The molecule has 0 saturated heterocycles. The van der Waals surface area contributed by atoms with Crippen molar-refractivity contribution in [1.82, 2.24) is 20.9 Å². The molecule has 0 radical (unpaired) electrons. The van der Waals surface area contributed by atoms with Crippen LogP contribution in [-0.4, -0.2) is 40.0 Å². The number of nitrogens with one attached hydrogen (secondary N) is 3. The fraction of sp³-hybridized carbons (Fsp3) is 0.680. The second kappa shape index (κ2) is 7.65. The Morgan fingerprint density at radius 3 is 2.09 bits per heavy atom. The lowest BCUT2D eigenvalue weighted by Gasteiger charge is -2.62. The quantitative estimate of drug-likeness (QED) is 0.643. The summed E-state index contributed by atoms with van der Waals surface area (Å²) in [4.78, 5) is 27.3. The molecule has 180 valence electrons. The molecule has 6 nitrogen and oxygen atoms in total. The van der Waals surface area contributed by atoms with E-state index in [4.69, 9.17) is 0 Å². The third-order valence-corrected chi connectivity index (χ3v) is 7.86. The summed E-state index contributed by atoms with van der Waals surface area (Å²) >= 11 is 0. The van der Waals surface area contributed by atoms with Gasteiger partial charge in [-0.05, 0) is 94.4 Å². The van der Waals surface area contributed by atoms with Gasteiger partial charge in [-0.2, -0.15) is 0 Å². The van der Waals surface area contributed by atoms with Gasteiger partial charge < -0.3 is 20.9 Å². The molecule has 0 spiro atoms. The molecule has 0 aromatic heterocycles. The van der Waals surface area contributed by atoms with Crippen molar-refractivity contribution in [2.24, 2.45) is 11.8 Å². The Labute approximate surface area is 193 Å². The number of benzene rings is 1. The number of urea groups is 1. The monoisotopic (exact) mass is 460 g/mol. The van der Waals surface area contributed by atoms with E-state index < -0.39 is 11.6 Å². The summed E-state index contributed by atoms with van der Waals surface area (Å²) in [5.41, 5.74) is 0.664. The Hall–Kier alpha value is -2.22. The maximum Gasteiger partial charge on any atom is 0.315 e. The minimum absolute atomic E-state index is 0.0600. The lowest BCUT2D eigenvalue weighted by Crippen LogP contribution is -2.70. The Bertz CT molecular complexity index is 944. The first kappa shape index (κ1) is 22.6. The van der Waals surface area contributed by atoms with Gasteiger partial charge in [-0.1, -0.05) is 0 Å². The van der Waals surface area contributed by atoms with Crippen LogP contribution in [0.15, 0.2) is 12.1 Å². The molecule has 3 N–H and O–H groups in total. The van der Waals surface area contributed by atoms with E-state index in [1.807, 2.05) is 20.8 Å². The molecule has 5 aliphatic rings. The first-order chi connectivity index (χ1) is 15.4. The number of fused-ring (bicyclic) bond motifs is 1. The molecule has 1 aliphatic heterocycles. The van der Waals surface area contributed by atoms with Gasteiger partial charge in [0.25, 0.3) is 0 Å². The third-order valence-electron chi connectivity index (χ3n) is 7.86. The predicted octanol–water partition coefficient (Wildman–Crippen LogP) is 3.59. The van der Waals surface area contributed by atoms with E-state index in [-0.39, 0.29) is 35.1 Å². The normalized spacial score (nSPS) is 32.1. The smallest absolute Gasteiger partial charge is 0.315 e. The molecule has 1 aromatic rings. The Balaban J connectivity index is 1.24. The minimum Gasteiger partial charge on any atom is -0.334 e. The molecular weight excluding hydrogens is 426 g/mol. The van der Waals surface area contributed by atoms with E-state index >= 15 is 0 Å². The van der Waals surface area contributed by atoms with E-state index in [1.54, 1.807) is 4.90 Å². The van der Waals surface area contributed by atoms with Crippen LogP contribution >= 0.6 is 0 Å². The summed E-state index contributed by atoms with van der Waals surface area (Å²) in [6, 6.07) is 2.27.